The van der Waals surface area contributed by atoms with E-state index >= 15 is 0 Å². The highest BCUT2D eigenvalue weighted by Gasteiger charge is 2.67. The average Bonchev–Trinajstić information content (AvgIpc) is 3.37. The van der Waals surface area contributed by atoms with Crippen LogP contribution in [0.4, 0.5) is 0 Å². The van der Waals surface area contributed by atoms with Crippen molar-refractivity contribution in [2.75, 3.05) is 13.1 Å². The monoisotopic (exact) mass is 407 g/mol. The molecule has 2 aromatic rings. The van der Waals surface area contributed by atoms with E-state index in [0.29, 0.717) is 11.8 Å². The highest BCUT2D eigenvalue weighted by atomic mass is 16.5. The first kappa shape index (κ1) is 18.9. The van der Waals surface area contributed by atoms with Crippen LogP contribution in [0.1, 0.15) is 63.9 Å². The first-order chi connectivity index (χ1) is 14.5. The van der Waals surface area contributed by atoms with Crippen molar-refractivity contribution >= 4 is 29.5 Å². The van der Waals surface area contributed by atoms with Crippen molar-refractivity contribution in [3.05, 3.63) is 24.0 Å². The number of nitrogens with zero attached hydrogens (tertiary/aromatic N) is 2. The van der Waals surface area contributed by atoms with Gasteiger partial charge in [0.25, 0.3) is 0 Å². The summed E-state index contributed by atoms with van der Waals surface area (Å²) < 4.78 is 6.26. The molecule has 0 radical (unpaired) electrons. The Bertz CT molecular complexity index is 993. The van der Waals surface area contributed by atoms with E-state index in [2.05, 4.69) is 21.8 Å². The number of likely N-dealkylation sites (tertiary alicyclic amines) is 1. The van der Waals surface area contributed by atoms with Crippen LogP contribution in [0.5, 0.6) is 0 Å². The van der Waals surface area contributed by atoms with E-state index < -0.39 is 12.7 Å². The number of hydrogen-bond acceptors (Lipinski definition) is 4. The molecule has 0 bridgehead atoms. The van der Waals surface area contributed by atoms with Gasteiger partial charge in [-0.2, -0.15) is 0 Å². The van der Waals surface area contributed by atoms with Gasteiger partial charge in [-0.15, -0.1) is 0 Å². The Morgan fingerprint density at radius 3 is 2.80 bits per heavy atom. The Balaban J connectivity index is 1.22. The average molecular weight is 407 g/mol. The molecule has 7 heteroatoms. The molecule has 2 unspecified atom stereocenters. The molecule has 2 atom stereocenters. The van der Waals surface area contributed by atoms with E-state index in [0.717, 1.165) is 67.3 Å². The lowest BCUT2D eigenvalue weighted by Gasteiger charge is -2.63. The number of nitrogens with one attached hydrogen (secondary N) is 1. The zero-order valence-corrected chi connectivity index (χ0v) is 17.7. The molecule has 2 saturated carbocycles. The van der Waals surface area contributed by atoms with Gasteiger partial charge in [0, 0.05) is 42.3 Å². The number of aromatic amines is 1. The molecule has 1 amide bonds. The van der Waals surface area contributed by atoms with E-state index in [4.69, 9.17) is 4.65 Å². The van der Waals surface area contributed by atoms with Crippen molar-refractivity contribution in [1.29, 1.82) is 0 Å². The summed E-state index contributed by atoms with van der Waals surface area (Å²) in [5, 5.41) is 11.7. The summed E-state index contributed by atoms with van der Waals surface area (Å²) >= 11 is 0. The van der Waals surface area contributed by atoms with Gasteiger partial charge in [0.05, 0.1) is 5.60 Å². The molecule has 2 aromatic heterocycles. The molecule has 0 aromatic carbocycles. The van der Waals surface area contributed by atoms with Crippen molar-refractivity contribution in [2.24, 2.45) is 17.3 Å². The molecule has 4 aliphatic rings. The van der Waals surface area contributed by atoms with Crippen LogP contribution >= 0.6 is 0 Å². The number of rotatable bonds is 1. The van der Waals surface area contributed by atoms with E-state index in [9.17, 15) is 9.82 Å². The minimum Gasteiger partial charge on any atom is -0.423 e. The Hall–Kier alpha value is -1.86. The summed E-state index contributed by atoms with van der Waals surface area (Å²) in [6, 6.07) is 2.05. The summed E-state index contributed by atoms with van der Waals surface area (Å²) in [6.45, 7) is 4.00. The number of fused-ring (bicyclic) bond motifs is 4. The molecule has 2 aliphatic heterocycles. The molecule has 3 fully saturated rings. The minimum absolute atomic E-state index is 0.191. The van der Waals surface area contributed by atoms with E-state index in [-0.39, 0.29) is 11.3 Å². The summed E-state index contributed by atoms with van der Waals surface area (Å²) in [6.07, 6.45) is 12.5. The topological polar surface area (TPSA) is 78.5 Å². The number of piperidine rings is 1. The van der Waals surface area contributed by atoms with Crippen LogP contribution < -0.4 is 5.46 Å². The largest absolute Gasteiger partial charge is 0.493 e. The fourth-order valence-corrected chi connectivity index (χ4v) is 7.04. The van der Waals surface area contributed by atoms with Crippen LogP contribution in [-0.4, -0.2) is 46.0 Å². The number of hydrogen-bond donors (Lipinski definition) is 2. The van der Waals surface area contributed by atoms with Crippen LogP contribution in [-0.2, 0) is 15.0 Å². The Morgan fingerprint density at radius 2 is 2.07 bits per heavy atom. The number of carbonyl (C=O) groups excluding carboxylic acids is 1. The highest BCUT2D eigenvalue weighted by Crippen LogP contribution is 2.66. The zero-order valence-electron chi connectivity index (χ0n) is 17.7. The number of aromatic nitrogens is 2. The number of pyridine rings is 1. The lowest BCUT2D eigenvalue weighted by molar-refractivity contribution is -0.197. The van der Waals surface area contributed by atoms with Crippen molar-refractivity contribution in [3.63, 3.8) is 0 Å². The van der Waals surface area contributed by atoms with Crippen LogP contribution in [0, 0.1) is 17.3 Å². The first-order valence-electron chi connectivity index (χ1n) is 11.7. The number of carbonyl (C=O) groups is 1. The first-order valence-corrected chi connectivity index (χ1v) is 11.7. The van der Waals surface area contributed by atoms with Gasteiger partial charge in [-0.3, -0.25) is 4.79 Å². The lowest BCUT2D eigenvalue weighted by Crippen LogP contribution is -2.62. The molecular weight excluding hydrogens is 377 g/mol. The molecule has 2 spiro atoms. The highest BCUT2D eigenvalue weighted by molar-refractivity contribution is 6.62. The maximum Gasteiger partial charge on any atom is 0.493 e. The molecule has 30 heavy (non-hydrogen) atoms. The van der Waals surface area contributed by atoms with Crippen LogP contribution in [0.3, 0.4) is 0 Å². The third kappa shape index (κ3) is 2.45. The maximum absolute atomic E-state index is 13.0. The molecule has 6 nitrogen and oxygen atoms in total. The second-order valence-electron chi connectivity index (χ2n) is 10.1. The van der Waals surface area contributed by atoms with Crippen LogP contribution in [0.25, 0.3) is 11.0 Å². The SMILES string of the molecule is CC1C2(CCN(C(=O)C3CCCCC3)CC2)CC12OB(O)c1cnc3[nH]ccc3c12. The van der Waals surface area contributed by atoms with Crippen molar-refractivity contribution in [2.45, 2.75) is 63.9 Å². The van der Waals surface area contributed by atoms with Gasteiger partial charge in [0.15, 0.2) is 0 Å². The molecular formula is C23H30BN3O3. The van der Waals surface area contributed by atoms with Gasteiger partial charge < -0.3 is 19.6 Å². The van der Waals surface area contributed by atoms with Gasteiger partial charge in [-0.25, -0.2) is 4.98 Å². The lowest BCUT2D eigenvalue weighted by atomic mass is 9.46. The zero-order chi connectivity index (χ0) is 20.5. The predicted octanol–water partition coefficient (Wildman–Crippen LogP) is 2.70. The normalized spacial score (nSPS) is 30.8. The Labute approximate surface area is 177 Å². The van der Waals surface area contributed by atoms with Crippen molar-refractivity contribution in [3.8, 4) is 0 Å². The van der Waals surface area contributed by atoms with Crippen LogP contribution in [0.15, 0.2) is 18.5 Å². The summed E-state index contributed by atoms with van der Waals surface area (Å²) in [5.74, 6) is 0.949. The smallest absolute Gasteiger partial charge is 0.423 e. The second-order valence-corrected chi connectivity index (χ2v) is 10.1. The van der Waals surface area contributed by atoms with E-state index in [1.54, 1.807) is 6.20 Å². The molecule has 2 N–H and O–H groups in total. The predicted molar refractivity (Wildman–Crippen MR) is 115 cm³/mol. The van der Waals surface area contributed by atoms with Gasteiger partial charge >= 0.3 is 7.12 Å². The summed E-state index contributed by atoms with van der Waals surface area (Å²) in [5.41, 5.74) is 2.55. The number of amides is 1. The molecule has 158 valence electrons. The Kier molecular flexibility index (Phi) is 4.13. The maximum atomic E-state index is 13.0. The summed E-state index contributed by atoms with van der Waals surface area (Å²) in [7, 11) is -0.903. The Morgan fingerprint density at radius 1 is 1.30 bits per heavy atom. The van der Waals surface area contributed by atoms with Gasteiger partial charge in [-0.05, 0) is 55.1 Å². The third-order valence-corrected chi connectivity index (χ3v) is 8.89. The molecule has 1 saturated heterocycles. The molecule has 2 aliphatic carbocycles. The van der Waals surface area contributed by atoms with Crippen molar-refractivity contribution in [1.82, 2.24) is 14.9 Å². The van der Waals surface area contributed by atoms with E-state index in [1.807, 2.05) is 12.3 Å². The van der Waals surface area contributed by atoms with Gasteiger partial charge in [0.1, 0.15) is 5.65 Å². The second kappa shape index (κ2) is 6.57. The fraction of sp³-hybridized carbons (Fsp3) is 0.652. The van der Waals surface area contributed by atoms with Crippen molar-refractivity contribution < 1.29 is 14.5 Å². The number of H-pyrrole nitrogens is 1. The summed E-state index contributed by atoms with van der Waals surface area (Å²) in [4.78, 5) is 22.8. The van der Waals surface area contributed by atoms with Gasteiger partial charge in [-0.1, -0.05) is 26.2 Å². The third-order valence-electron chi connectivity index (χ3n) is 8.89. The molecule has 6 rings (SSSR count). The fourth-order valence-electron chi connectivity index (χ4n) is 7.04. The van der Waals surface area contributed by atoms with E-state index in [1.165, 1.54) is 19.3 Å². The van der Waals surface area contributed by atoms with Crippen LogP contribution in [0.2, 0.25) is 0 Å². The van der Waals surface area contributed by atoms with Gasteiger partial charge in [0.2, 0.25) is 5.91 Å². The minimum atomic E-state index is -0.903. The molecule has 4 heterocycles. The quantitative estimate of drug-likeness (QED) is 0.713. The standard InChI is InChI=1S/C23H30BN3O3/c1-15-22(8-11-27(12-9-22)21(28)16-5-3-2-4-6-16)14-23(15)19-17-7-10-25-20(17)26-13-18(19)24(29)30-23/h7,10,13,15-16,29H,2-6,8-9,11-12,14H2,1H3,(H,25,26).